The van der Waals surface area contributed by atoms with Crippen molar-refractivity contribution in [2.45, 2.75) is 43.9 Å². The van der Waals surface area contributed by atoms with E-state index in [9.17, 15) is 9.59 Å². The lowest BCUT2D eigenvalue weighted by Crippen LogP contribution is -2.61. The lowest BCUT2D eigenvalue weighted by atomic mass is 9.80. The van der Waals surface area contributed by atoms with Crippen molar-refractivity contribution in [3.8, 4) is 0 Å². The first-order chi connectivity index (χ1) is 12.9. The van der Waals surface area contributed by atoms with Crippen LogP contribution >= 0.6 is 0 Å². The standard InChI is InChI=1S/C20H28N4O3/c1-13(14-7-5-4-6-8-14)24-20(19(21)26,12-17(23-24)18(25)22-2)15-9-10-16(11-15)27-3/h4-8,12-13,15-16,23H,9-11H2,1-3H3,(H2,21,26)(H,22,25)/t13-,15-,16-,20?/m0/s1. The summed E-state index contributed by atoms with van der Waals surface area (Å²) in [5, 5.41) is 4.47. The first-order valence-corrected chi connectivity index (χ1v) is 9.32. The molecule has 2 amide bonds. The summed E-state index contributed by atoms with van der Waals surface area (Å²) in [4.78, 5) is 25.2. The van der Waals surface area contributed by atoms with Gasteiger partial charge >= 0.3 is 0 Å². The topological polar surface area (TPSA) is 96.7 Å². The van der Waals surface area contributed by atoms with Crippen molar-refractivity contribution < 1.29 is 14.3 Å². The number of benzene rings is 1. The Kier molecular flexibility index (Phi) is 5.53. The van der Waals surface area contributed by atoms with Crippen molar-refractivity contribution in [1.82, 2.24) is 15.8 Å². The fraction of sp³-hybridized carbons (Fsp3) is 0.500. The second kappa shape index (κ2) is 7.70. The SMILES string of the molecule is CNC(=O)C1=CC(C(N)=O)([C@H]2CC[C@H](OC)C2)N([C@@H](C)c2ccccc2)N1. The maximum atomic E-state index is 12.8. The van der Waals surface area contributed by atoms with Gasteiger partial charge in [0, 0.05) is 14.2 Å². The minimum absolute atomic E-state index is 0.0410. The van der Waals surface area contributed by atoms with Crippen molar-refractivity contribution in [3.05, 3.63) is 47.7 Å². The van der Waals surface area contributed by atoms with E-state index in [4.69, 9.17) is 10.5 Å². The Bertz CT molecular complexity index is 736. The Labute approximate surface area is 159 Å². The van der Waals surface area contributed by atoms with E-state index >= 15 is 0 Å². The average Bonchev–Trinajstić information content (AvgIpc) is 3.33. The van der Waals surface area contributed by atoms with Gasteiger partial charge in [-0.05, 0) is 43.7 Å². The zero-order valence-electron chi connectivity index (χ0n) is 16.1. The Morgan fingerprint density at radius 2 is 2.04 bits per heavy atom. The summed E-state index contributed by atoms with van der Waals surface area (Å²) in [5.74, 6) is -0.774. The molecule has 2 aliphatic rings. The van der Waals surface area contributed by atoms with Crippen LogP contribution in [0.4, 0.5) is 0 Å². The first kappa shape index (κ1) is 19.4. The Balaban J connectivity index is 2.04. The van der Waals surface area contributed by atoms with Crippen molar-refractivity contribution in [1.29, 1.82) is 0 Å². The van der Waals surface area contributed by atoms with E-state index in [-0.39, 0.29) is 24.0 Å². The number of hydrazine groups is 1. The van der Waals surface area contributed by atoms with Crippen molar-refractivity contribution in [2.24, 2.45) is 11.7 Å². The van der Waals surface area contributed by atoms with E-state index in [1.807, 2.05) is 42.3 Å². The summed E-state index contributed by atoms with van der Waals surface area (Å²) in [6.45, 7) is 2.00. The zero-order valence-corrected chi connectivity index (χ0v) is 16.1. The number of carbonyl (C=O) groups is 2. The lowest BCUT2D eigenvalue weighted by Gasteiger charge is -2.42. The maximum absolute atomic E-state index is 12.8. The molecule has 1 heterocycles. The summed E-state index contributed by atoms with van der Waals surface area (Å²) < 4.78 is 5.51. The first-order valence-electron chi connectivity index (χ1n) is 9.32. The number of methoxy groups -OCH3 is 1. The number of nitrogens with zero attached hydrogens (tertiary/aromatic N) is 1. The zero-order chi connectivity index (χ0) is 19.6. The minimum atomic E-state index is -1.09. The van der Waals surface area contributed by atoms with Crippen molar-refractivity contribution in [2.75, 3.05) is 14.2 Å². The predicted octanol–water partition coefficient (Wildman–Crippen LogP) is 1.24. The number of carbonyl (C=O) groups excluding carboxylic acids is 2. The monoisotopic (exact) mass is 372 g/mol. The number of likely N-dealkylation sites (N-methyl/N-ethyl adjacent to an activating group) is 1. The van der Waals surface area contributed by atoms with Crippen LogP contribution in [0.2, 0.25) is 0 Å². The smallest absolute Gasteiger partial charge is 0.268 e. The summed E-state index contributed by atoms with van der Waals surface area (Å²) in [6.07, 6.45) is 4.19. The molecule has 1 unspecified atom stereocenters. The molecule has 146 valence electrons. The van der Waals surface area contributed by atoms with Gasteiger partial charge in [-0.15, -0.1) is 0 Å². The van der Waals surface area contributed by atoms with Crippen LogP contribution in [0.3, 0.4) is 0 Å². The average molecular weight is 372 g/mol. The molecule has 1 aromatic rings. The number of hydrogen-bond acceptors (Lipinski definition) is 5. The highest BCUT2D eigenvalue weighted by Crippen LogP contribution is 2.45. The number of nitrogens with one attached hydrogen (secondary N) is 2. The fourth-order valence-corrected chi connectivity index (χ4v) is 4.35. The third kappa shape index (κ3) is 3.33. The number of hydrogen-bond donors (Lipinski definition) is 3. The highest BCUT2D eigenvalue weighted by Gasteiger charge is 2.55. The number of amides is 2. The Hall–Kier alpha value is -2.38. The molecule has 4 N–H and O–H groups in total. The molecule has 1 aliphatic heterocycles. The molecule has 1 aromatic carbocycles. The minimum Gasteiger partial charge on any atom is -0.381 e. The molecule has 7 heteroatoms. The molecule has 1 aliphatic carbocycles. The van der Waals surface area contributed by atoms with Gasteiger partial charge in [0.1, 0.15) is 11.2 Å². The Morgan fingerprint density at radius 3 is 2.59 bits per heavy atom. The van der Waals surface area contributed by atoms with Crippen LogP contribution in [0, 0.1) is 5.92 Å². The van der Waals surface area contributed by atoms with Gasteiger partial charge in [-0.25, -0.2) is 0 Å². The van der Waals surface area contributed by atoms with Crippen molar-refractivity contribution in [3.63, 3.8) is 0 Å². The molecule has 1 saturated carbocycles. The molecule has 3 rings (SSSR count). The fourth-order valence-electron chi connectivity index (χ4n) is 4.35. The van der Waals surface area contributed by atoms with Crippen molar-refractivity contribution >= 4 is 11.8 Å². The van der Waals surface area contributed by atoms with Gasteiger partial charge in [0.15, 0.2) is 0 Å². The van der Waals surface area contributed by atoms with Crippen LogP contribution < -0.4 is 16.5 Å². The van der Waals surface area contributed by atoms with Crippen LogP contribution in [0.25, 0.3) is 0 Å². The molecule has 27 heavy (non-hydrogen) atoms. The molecular formula is C20H28N4O3. The summed E-state index contributed by atoms with van der Waals surface area (Å²) >= 11 is 0. The van der Waals surface area contributed by atoms with E-state index in [1.54, 1.807) is 20.2 Å². The predicted molar refractivity (Wildman–Crippen MR) is 102 cm³/mol. The molecule has 4 atom stereocenters. The molecule has 7 nitrogen and oxygen atoms in total. The van der Waals surface area contributed by atoms with Crippen LogP contribution in [0.1, 0.15) is 37.8 Å². The van der Waals surface area contributed by atoms with Crippen LogP contribution in [-0.2, 0) is 14.3 Å². The lowest BCUT2D eigenvalue weighted by molar-refractivity contribution is -0.134. The quantitative estimate of drug-likeness (QED) is 0.698. The van der Waals surface area contributed by atoms with E-state index in [2.05, 4.69) is 10.7 Å². The second-order valence-corrected chi connectivity index (χ2v) is 7.26. The van der Waals surface area contributed by atoms with E-state index < -0.39 is 11.4 Å². The molecule has 0 radical (unpaired) electrons. The molecule has 0 aromatic heterocycles. The van der Waals surface area contributed by atoms with Gasteiger partial charge in [0.25, 0.3) is 5.91 Å². The highest BCUT2D eigenvalue weighted by molar-refractivity contribution is 5.97. The molecular weight excluding hydrogens is 344 g/mol. The number of ether oxygens (including phenoxy) is 1. The van der Waals surface area contributed by atoms with Gasteiger partial charge in [-0.3, -0.25) is 9.59 Å². The van der Waals surface area contributed by atoms with Gasteiger partial charge in [-0.2, -0.15) is 5.01 Å². The van der Waals surface area contributed by atoms with Crippen LogP contribution in [-0.4, -0.2) is 42.6 Å². The van der Waals surface area contributed by atoms with Crippen LogP contribution in [0.15, 0.2) is 42.1 Å². The van der Waals surface area contributed by atoms with E-state index in [1.165, 1.54) is 0 Å². The van der Waals surface area contributed by atoms with E-state index in [0.717, 1.165) is 24.8 Å². The molecule has 0 spiro atoms. The van der Waals surface area contributed by atoms with Gasteiger partial charge in [-0.1, -0.05) is 30.3 Å². The van der Waals surface area contributed by atoms with Gasteiger partial charge < -0.3 is 21.2 Å². The molecule has 1 fully saturated rings. The third-order valence-electron chi connectivity index (χ3n) is 5.88. The normalized spacial score (nSPS) is 29.1. The van der Waals surface area contributed by atoms with E-state index in [0.29, 0.717) is 5.70 Å². The largest absolute Gasteiger partial charge is 0.381 e. The van der Waals surface area contributed by atoms with Gasteiger partial charge in [0.2, 0.25) is 5.91 Å². The maximum Gasteiger partial charge on any atom is 0.268 e. The second-order valence-electron chi connectivity index (χ2n) is 7.26. The summed E-state index contributed by atoms with van der Waals surface area (Å²) in [6, 6.07) is 9.70. The molecule has 0 bridgehead atoms. The number of nitrogens with two attached hydrogens (primary N) is 1. The number of rotatable bonds is 6. The summed E-state index contributed by atoms with van der Waals surface area (Å²) in [5.41, 5.74) is 9.42. The summed E-state index contributed by atoms with van der Waals surface area (Å²) in [7, 11) is 3.25. The molecule has 0 saturated heterocycles. The number of primary amides is 1. The highest BCUT2D eigenvalue weighted by atomic mass is 16.5. The van der Waals surface area contributed by atoms with Gasteiger partial charge in [0.05, 0.1) is 12.1 Å². The Morgan fingerprint density at radius 1 is 1.33 bits per heavy atom. The third-order valence-corrected chi connectivity index (χ3v) is 5.88. The van der Waals surface area contributed by atoms with Crippen LogP contribution in [0.5, 0.6) is 0 Å².